The molecular weight excluding hydrogens is 311 g/mol. The van der Waals surface area contributed by atoms with E-state index in [0.29, 0.717) is 11.1 Å². The fraction of sp³-hybridized carbons (Fsp3) is 0.214. The molecule has 0 saturated carbocycles. The summed E-state index contributed by atoms with van der Waals surface area (Å²) in [5.74, 6) is -1.30. The van der Waals surface area contributed by atoms with E-state index in [1.165, 1.54) is 18.3 Å². The molecule has 2 rings (SSSR count). The van der Waals surface area contributed by atoms with E-state index >= 15 is 0 Å². The summed E-state index contributed by atoms with van der Waals surface area (Å²) < 4.78 is 17.4. The van der Waals surface area contributed by atoms with E-state index in [1.807, 2.05) is 0 Å². The number of hydrogen-bond donors (Lipinski definition) is 2. The van der Waals surface area contributed by atoms with Crippen molar-refractivity contribution in [1.82, 2.24) is 0 Å². The Kier molecular flexibility index (Phi) is 4.64. The zero-order chi connectivity index (χ0) is 15.5. The zero-order valence-electron chi connectivity index (χ0n) is 11.3. The van der Waals surface area contributed by atoms with Gasteiger partial charge in [0.25, 0.3) is 0 Å². The molecule has 0 aliphatic heterocycles. The summed E-state index contributed by atoms with van der Waals surface area (Å²) in [5.41, 5.74) is -0.886. The molecule has 0 saturated heterocycles. The molecule has 1 aromatic heterocycles. The van der Waals surface area contributed by atoms with E-state index in [-0.39, 0.29) is 6.16 Å². The third-order valence-electron chi connectivity index (χ3n) is 3.03. The van der Waals surface area contributed by atoms with Gasteiger partial charge in [-0.05, 0) is 29.3 Å². The maximum Gasteiger partial charge on any atom is 0.340 e. The SMILES string of the molecule is CC(OP(=O)(O)Cc1ccccc1)(C(=O)O)c1ccsc1. The highest BCUT2D eigenvalue weighted by molar-refractivity contribution is 7.52. The molecule has 0 bridgehead atoms. The van der Waals surface area contributed by atoms with Gasteiger partial charge in [-0.15, -0.1) is 0 Å². The van der Waals surface area contributed by atoms with Crippen molar-refractivity contribution in [2.45, 2.75) is 18.7 Å². The predicted molar refractivity (Wildman–Crippen MR) is 80.4 cm³/mol. The lowest BCUT2D eigenvalue weighted by atomic mass is 10.0. The van der Waals surface area contributed by atoms with Crippen LogP contribution in [0.25, 0.3) is 0 Å². The Balaban J connectivity index is 2.24. The molecule has 5 nitrogen and oxygen atoms in total. The van der Waals surface area contributed by atoms with Gasteiger partial charge in [-0.1, -0.05) is 30.3 Å². The molecule has 0 aliphatic rings. The largest absolute Gasteiger partial charge is 0.479 e. The average Bonchev–Trinajstić information content (AvgIpc) is 2.92. The lowest BCUT2D eigenvalue weighted by Crippen LogP contribution is -2.34. The van der Waals surface area contributed by atoms with Crippen molar-refractivity contribution < 1.29 is 23.9 Å². The number of rotatable bonds is 6. The Morgan fingerprint density at radius 3 is 2.52 bits per heavy atom. The number of aliphatic carboxylic acids is 1. The van der Waals surface area contributed by atoms with Gasteiger partial charge in [0.15, 0.2) is 5.60 Å². The van der Waals surface area contributed by atoms with Crippen LogP contribution in [0.5, 0.6) is 0 Å². The van der Waals surface area contributed by atoms with Crippen molar-refractivity contribution in [2.24, 2.45) is 0 Å². The zero-order valence-corrected chi connectivity index (χ0v) is 13.0. The molecule has 0 radical (unpaired) electrons. The molecule has 0 spiro atoms. The maximum absolute atomic E-state index is 12.3. The molecule has 1 aromatic carbocycles. The second-order valence-electron chi connectivity index (χ2n) is 4.72. The summed E-state index contributed by atoms with van der Waals surface area (Å²) in [5, 5.41) is 12.7. The quantitative estimate of drug-likeness (QED) is 0.794. The summed E-state index contributed by atoms with van der Waals surface area (Å²) in [6.07, 6.45) is -0.235. The molecule has 0 fully saturated rings. The third-order valence-corrected chi connectivity index (χ3v) is 5.13. The normalized spacial score (nSPS) is 16.9. The fourth-order valence-electron chi connectivity index (χ4n) is 1.88. The molecule has 112 valence electrons. The van der Waals surface area contributed by atoms with Gasteiger partial charge in [-0.3, -0.25) is 9.09 Å². The highest BCUT2D eigenvalue weighted by Crippen LogP contribution is 2.52. The van der Waals surface area contributed by atoms with Crippen molar-refractivity contribution >= 4 is 24.9 Å². The van der Waals surface area contributed by atoms with E-state index in [0.717, 1.165) is 0 Å². The Morgan fingerprint density at radius 2 is 2.00 bits per heavy atom. The highest BCUT2D eigenvalue weighted by atomic mass is 32.1. The summed E-state index contributed by atoms with van der Waals surface area (Å²) in [7, 11) is -4.11. The summed E-state index contributed by atoms with van der Waals surface area (Å²) in [6, 6.07) is 10.2. The molecule has 0 amide bonds. The minimum Gasteiger partial charge on any atom is -0.479 e. The maximum atomic E-state index is 12.3. The first-order valence-electron chi connectivity index (χ1n) is 6.16. The van der Waals surface area contributed by atoms with E-state index in [1.54, 1.807) is 47.2 Å². The van der Waals surface area contributed by atoms with Crippen LogP contribution in [0.2, 0.25) is 0 Å². The Hall–Kier alpha value is -1.46. The van der Waals surface area contributed by atoms with Gasteiger partial charge >= 0.3 is 13.6 Å². The fourth-order valence-corrected chi connectivity index (χ4v) is 4.13. The topological polar surface area (TPSA) is 83.8 Å². The van der Waals surface area contributed by atoms with Gasteiger partial charge in [-0.25, -0.2) is 4.79 Å². The van der Waals surface area contributed by atoms with Crippen LogP contribution >= 0.6 is 18.9 Å². The summed E-state index contributed by atoms with van der Waals surface area (Å²) >= 11 is 1.30. The number of carboxylic acid groups (broad SMARTS) is 1. The Morgan fingerprint density at radius 1 is 1.33 bits per heavy atom. The van der Waals surface area contributed by atoms with Crippen LogP contribution < -0.4 is 0 Å². The van der Waals surface area contributed by atoms with Crippen molar-refractivity contribution in [3.63, 3.8) is 0 Å². The van der Waals surface area contributed by atoms with Gasteiger partial charge in [0.1, 0.15) is 0 Å². The van der Waals surface area contributed by atoms with Crippen LogP contribution in [0.1, 0.15) is 18.1 Å². The minimum absolute atomic E-state index is 0.235. The van der Waals surface area contributed by atoms with Gasteiger partial charge in [0, 0.05) is 5.56 Å². The van der Waals surface area contributed by atoms with Gasteiger partial charge < -0.3 is 10.00 Å². The van der Waals surface area contributed by atoms with E-state index in [9.17, 15) is 19.4 Å². The van der Waals surface area contributed by atoms with Gasteiger partial charge in [0.05, 0.1) is 6.16 Å². The van der Waals surface area contributed by atoms with Gasteiger partial charge in [0.2, 0.25) is 0 Å². The second-order valence-corrected chi connectivity index (χ2v) is 7.28. The molecule has 0 aliphatic carbocycles. The van der Waals surface area contributed by atoms with Crippen molar-refractivity contribution in [3.05, 3.63) is 58.3 Å². The van der Waals surface area contributed by atoms with Crippen LogP contribution in [0.4, 0.5) is 0 Å². The van der Waals surface area contributed by atoms with E-state index in [4.69, 9.17) is 4.52 Å². The Bertz CT molecular complexity index is 655. The molecular formula is C14H15O5PS. The summed E-state index contributed by atoms with van der Waals surface area (Å²) in [4.78, 5) is 21.5. The van der Waals surface area contributed by atoms with Crippen molar-refractivity contribution in [3.8, 4) is 0 Å². The number of carboxylic acids is 1. The predicted octanol–water partition coefficient (Wildman–Crippen LogP) is 3.45. The van der Waals surface area contributed by atoms with Crippen LogP contribution in [-0.2, 0) is 25.6 Å². The lowest BCUT2D eigenvalue weighted by molar-refractivity contribution is -0.155. The molecule has 7 heteroatoms. The molecule has 2 aromatic rings. The first-order valence-corrected chi connectivity index (χ1v) is 8.87. The summed E-state index contributed by atoms with van der Waals surface area (Å²) in [6.45, 7) is 1.28. The first kappa shape index (κ1) is 15.9. The van der Waals surface area contributed by atoms with Gasteiger partial charge in [-0.2, -0.15) is 11.3 Å². The van der Waals surface area contributed by atoms with E-state index < -0.39 is 19.2 Å². The second kappa shape index (κ2) is 6.12. The number of carbonyl (C=O) groups is 1. The van der Waals surface area contributed by atoms with Crippen molar-refractivity contribution in [1.29, 1.82) is 0 Å². The number of thiophene rings is 1. The third kappa shape index (κ3) is 3.80. The molecule has 21 heavy (non-hydrogen) atoms. The smallest absolute Gasteiger partial charge is 0.340 e. The number of hydrogen-bond acceptors (Lipinski definition) is 4. The van der Waals surface area contributed by atoms with Crippen LogP contribution in [0.3, 0.4) is 0 Å². The lowest BCUT2D eigenvalue weighted by Gasteiger charge is -2.27. The molecule has 2 unspecified atom stereocenters. The molecule has 2 N–H and O–H groups in total. The Labute approximate surface area is 126 Å². The number of benzene rings is 1. The van der Waals surface area contributed by atoms with Crippen molar-refractivity contribution in [2.75, 3.05) is 0 Å². The molecule has 1 heterocycles. The highest BCUT2D eigenvalue weighted by Gasteiger charge is 2.43. The molecule has 2 atom stereocenters. The van der Waals surface area contributed by atoms with Crippen LogP contribution in [0.15, 0.2) is 47.2 Å². The standard InChI is InChI=1S/C14H15O5PS/c1-14(13(15)16,12-7-8-21-10-12)19-20(17,18)9-11-5-3-2-4-6-11/h2-8,10H,9H2,1H3,(H,15,16)(H,17,18). The van der Waals surface area contributed by atoms with Crippen LogP contribution in [0, 0.1) is 0 Å². The monoisotopic (exact) mass is 326 g/mol. The first-order chi connectivity index (χ1) is 9.83. The minimum atomic E-state index is -4.11. The van der Waals surface area contributed by atoms with Crippen LogP contribution in [-0.4, -0.2) is 16.0 Å². The average molecular weight is 326 g/mol. The van der Waals surface area contributed by atoms with E-state index in [2.05, 4.69) is 0 Å².